The van der Waals surface area contributed by atoms with Crippen LogP contribution in [0.2, 0.25) is 5.02 Å². The number of esters is 1. The number of ether oxygens (including phenoxy) is 2. The van der Waals surface area contributed by atoms with Crippen LogP contribution in [0.25, 0.3) is 10.4 Å². The van der Waals surface area contributed by atoms with Gasteiger partial charge < -0.3 is 19.7 Å². The van der Waals surface area contributed by atoms with E-state index in [1.54, 1.807) is 19.1 Å². The van der Waals surface area contributed by atoms with Crippen molar-refractivity contribution < 1.29 is 24.0 Å². The molecule has 0 bridgehead atoms. The van der Waals surface area contributed by atoms with Crippen molar-refractivity contribution in [2.24, 2.45) is 0 Å². The van der Waals surface area contributed by atoms with Crippen molar-refractivity contribution in [3.63, 3.8) is 0 Å². The molecular weight excluding hydrogens is 388 g/mol. The van der Waals surface area contributed by atoms with Crippen molar-refractivity contribution in [3.05, 3.63) is 40.2 Å². The van der Waals surface area contributed by atoms with Crippen LogP contribution >= 0.6 is 22.9 Å². The molecular formula is C19H22ClN2O4S+. The number of benzene rings is 1. The van der Waals surface area contributed by atoms with E-state index in [-0.39, 0.29) is 12.5 Å². The monoisotopic (exact) mass is 409 g/mol. The van der Waals surface area contributed by atoms with Gasteiger partial charge in [-0.1, -0.05) is 23.7 Å². The van der Waals surface area contributed by atoms with E-state index in [9.17, 15) is 9.59 Å². The molecule has 8 heteroatoms. The highest BCUT2D eigenvalue weighted by molar-refractivity contribution is 7.18. The Morgan fingerprint density at radius 3 is 2.63 bits per heavy atom. The van der Waals surface area contributed by atoms with Crippen LogP contribution < -0.4 is 10.2 Å². The summed E-state index contributed by atoms with van der Waals surface area (Å²) in [5.41, 5.74) is 1.41. The summed E-state index contributed by atoms with van der Waals surface area (Å²) in [5, 5.41) is 3.52. The maximum atomic E-state index is 12.5. The molecule has 1 fully saturated rings. The van der Waals surface area contributed by atoms with Gasteiger partial charge in [0.15, 0.2) is 6.54 Å². The Labute approximate surface area is 167 Å². The summed E-state index contributed by atoms with van der Waals surface area (Å²) >= 11 is 7.25. The zero-order chi connectivity index (χ0) is 19.2. The fourth-order valence-corrected chi connectivity index (χ4v) is 3.99. The van der Waals surface area contributed by atoms with Crippen LogP contribution in [0, 0.1) is 0 Å². The normalized spacial score (nSPS) is 14.7. The summed E-state index contributed by atoms with van der Waals surface area (Å²) in [6, 6.07) is 9.16. The number of morpholine rings is 1. The lowest BCUT2D eigenvalue weighted by Crippen LogP contribution is -3.15. The maximum Gasteiger partial charge on any atom is 0.350 e. The number of amides is 1. The van der Waals surface area contributed by atoms with Crippen LogP contribution in [0.4, 0.5) is 5.69 Å². The quantitative estimate of drug-likeness (QED) is 0.717. The Hall–Kier alpha value is -1.93. The van der Waals surface area contributed by atoms with Gasteiger partial charge in [0.2, 0.25) is 0 Å². The molecule has 6 nitrogen and oxygen atoms in total. The van der Waals surface area contributed by atoms with Crippen LogP contribution in [-0.2, 0) is 14.3 Å². The standard InChI is InChI=1S/C19H21ClN2O4S/c1-2-26-19(24)18-15(21-17(23)12-22-7-9-25-10-8-22)11-16(27-18)13-3-5-14(20)6-4-13/h3-6,11H,2,7-10,12H2,1H3,(H,21,23)/p+1. The Bertz CT molecular complexity index is 801. The van der Waals surface area contributed by atoms with Gasteiger partial charge >= 0.3 is 5.97 Å². The molecule has 0 saturated carbocycles. The Morgan fingerprint density at radius 2 is 1.96 bits per heavy atom. The Morgan fingerprint density at radius 1 is 1.26 bits per heavy atom. The lowest BCUT2D eigenvalue weighted by molar-refractivity contribution is -0.899. The minimum atomic E-state index is -0.434. The van der Waals surface area contributed by atoms with E-state index in [1.165, 1.54) is 16.2 Å². The summed E-state index contributed by atoms with van der Waals surface area (Å²) in [4.78, 5) is 27.2. The van der Waals surface area contributed by atoms with E-state index in [1.807, 2.05) is 18.2 Å². The number of carbonyl (C=O) groups excluding carboxylic acids is 2. The third kappa shape index (κ3) is 5.29. The van der Waals surface area contributed by atoms with E-state index < -0.39 is 5.97 Å². The SMILES string of the molecule is CCOC(=O)c1sc(-c2ccc(Cl)cc2)cc1NC(=O)C[NH+]1CCOCC1. The van der Waals surface area contributed by atoms with Crippen molar-refractivity contribution in [2.45, 2.75) is 6.92 Å². The van der Waals surface area contributed by atoms with Crippen LogP contribution in [0.15, 0.2) is 30.3 Å². The third-order valence-corrected chi connectivity index (χ3v) is 5.62. The minimum Gasteiger partial charge on any atom is -0.462 e. The molecule has 1 aliphatic heterocycles. The first-order valence-corrected chi connectivity index (χ1v) is 10.0. The van der Waals surface area contributed by atoms with Gasteiger partial charge in [-0.2, -0.15) is 0 Å². The molecule has 3 rings (SSSR count). The topological polar surface area (TPSA) is 69.1 Å². The number of thiophene rings is 1. The average molecular weight is 410 g/mol. The van der Waals surface area contributed by atoms with Gasteiger partial charge in [0.25, 0.3) is 5.91 Å². The lowest BCUT2D eigenvalue weighted by Gasteiger charge is -2.23. The first-order chi connectivity index (χ1) is 13.1. The van der Waals surface area contributed by atoms with Crippen molar-refractivity contribution in [1.29, 1.82) is 0 Å². The largest absolute Gasteiger partial charge is 0.462 e. The lowest BCUT2D eigenvalue weighted by atomic mass is 10.2. The maximum absolute atomic E-state index is 12.5. The van der Waals surface area contributed by atoms with Gasteiger partial charge in [-0.3, -0.25) is 4.79 Å². The van der Waals surface area contributed by atoms with Crippen LogP contribution in [0.1, 0.15) is 16.6 Å². The third-order valence-electron chi connectivity index (χ3n) is 4.21. The number of quaternary nitrogens is 1. The highest BCUT2D eigenvalue weighted by Gasteiger charge is 2.22. The van der Waals surface area contributed by atoms with Crippen LogP contribution in [0.3, 0.4) is 0 Å². The minimum absolute atomic E-state index is 0.127. The molecule has 0 spiro atoms. The second-order valence-corrected chi connectivity index (χ2v) is 7.66. The van der Waals surface area contributed by atoms with E-state index in [4.69, 9.17) is 21.1 Å². The summed E-state index contributed by atoms with van der Waals surface area (Å²) in [6.45, 7) is 5.31. The second-order valence-electron chi connectivity index (χ2n) is 6.17. The van der Waals surface area contributed by atoms with E-state index in [0.29, 0.717) is 35.3 Å². The zero-order valence-corrected chi connectivity index (χ0v) is 16.6. The first kappa shape index (κ1) is 19.8. The molecule has 0 unspecified atom stereocenters. The average Bonchev–Trinajstić information content (AvgIpc) is 3.07. The van der Waals surface area contributed by atoms with Crippen molar-refractivity contribution >= 4 is 40.5 Å². The summed E-state index contributed by atoms with van der Waals surface area (Å²) in [5.74, 6) is -0.561. The molecule has 2 N–H and O–H groups in total. The number of hydrogen-bond donors (Lipinski definition) is 2. The van der Waals surface area contributed by atoms with Gasteiger partial charge in [-0.15, -0.1) is 11.3 Å². The number of nitrogens with one attached hydrogen (secondary N) is 2. The van der Waals surface area contributed by atoms with Crippen LogP contribution in [-0.4, -0.2) is 51.3 Å². The van der Waals surface area contributed by atoms with Gasteiger partial charge in [-0.05, 0) is 30.7 Å². The zero-order valence-electron chi connectivity index (χ0n) is 15.0. The van der Waals surface area contributed by atoms with Crippen LogP contribution in [0.5, 0.6) is 0 Å². The molecule has 1 saturated heterocycles. The molecule has 144 valence electrons. The highest BCUT2D eigenvalue weighted by Crippen LogP contribution is 2.35. The first-order valence-electron chi connectivity index (χ1n) is 8.85. The molecule has 1 aromatic carbocycles. The number of carbonyl (C=O) groups is 2. The number of rotatable bonds is 6. The summed E-state index contributed by atoms with van der Waals surface area (Å²) < 4.78 is 10.5. The Kier molecular flexibility index (Phi) is 6.84. The number of anilines is 1. The molecule has 2 heterocycles. The summed E-state index contributed by atoms with van der Waals surface area (Å²) in [7, 11) is 0. The molecule has 0 atom stereocenters. The van der Waals surface area contributed by atoms with E-state index in [2.05, 4.69) is 5.32 Å². The second kappa shape index (κ2) is 9.32. The molecule has 0 radical (unpaired) electrons. The molecule has 1 aliphatic rings. The number of halogens is 1. The Balaban J connectivity index is 1.79. The summed E-state index contributed by atoms with van der Waals surface area (Å²) in [6.07, 6.45) is 0. The van der Waals surface area contributed by atoms with Gasteiger partial charge in [0, 0.05) is 9.90 Å². The molecule has 0 aliphatic carbocycles. The van der Waals surface area contributed by atoms with E-state index in [0.717, 1.165) is 23.5 Å². The highest BCUT2D eigenvalue weighted by atomic mass is 35.5. The van der Waals surface area contributed by atoms with Crippen molar-refractivity contribution in [3.8, 4) is 10.4 Å². The molecule has 1 aromatic heterocycles. The van der Waals surface area contributed by atoms with Crippen molar-refractivity contribution in [2.75, 3.05) is 44.8 Å². The van der Waals surface area contributed by atoms with E-state index >= 15 is 0 Å². The molecule has 27 heavy (non-hydrogen) atoms. The fourth-order valence-electron chi connectivity index (χ4n) is 2.85. The van der Waals surface area contributed by atoms with Gasteiger partial charge in [0.1, 0.15) is 18.0 Å². The fraction of sp³-hybridized carbons (Fsp3) is 0.368. The van der Waals surface area contributed by atoms with Gasteiger partial charge in [-0.25, -0.2) is 4.79 Å². The van der Waals surface area contributed by atoms with Crippen molar-refractivity contribution in [1.82, 2.24) is 0 Å². The van der Waals surface area contributed by atoms with Gasteiger partial charge in [0.05, 0.1) is 25.5 Å². The number of hydrogen-bond acceptors (Lipinski definition) is 5. The smallest absolute Gasteiger partial charge is 0.350 e. The predicted octanol–water partition coefficient (Wildman–Crippen LogP) is 2.10. The molecule has 1 amide bonds. The molecule has 2 aromatic rings. The predicted molar refractivity (Wildman–Crippen MR) is 106 cm³/mol.